The molecule has 0 saturated heterocycles. The Labute approximate surface area is 170 Å². The lowest BCUT2D eigenvalue weighted by Crippen LogP contribution is -2.32. The number of hydrogen-bond acceptors (Lipinski definition) is 3. The maximum Gasteiger partial charge on any atom is 0.464 e. The molecular formula is C20H21F5N2OS. The summed E-state index contributed by atoms with van der Waals surface area (Å²) in [5.41, 5.74) is 2.22. The molecule has 2 aromatic carbocycles. The second kappa shape index (κ2) is 8.61. The summed E-state index contributed by atoms with van der Waals surface area (Å²) in [5, 5.41) is 3.35. The fraction of sp³-hybridized carbons (Fsp3) is 0.350. The Hall–Kier alpha value is -2.29. The average Bonchev–Trinajstić information content (AvgIpc) is 2.62. The molecule has 0 bridgehead atoms. The van der Waals surface area contributed by atoms with Crippen molar-refractivity contribution in [1.82, 2.24) is 4.90 Å². The van der Waals surface area contributed by atoms with E-state index in [1.807, 2.05) is 13.8 Å². The zero-order valence-electron chi connectivity index (χ0n) is 16.3. The first-order valence-electron chi connectivity index (χ1n) is 8.68. The fourth-order valence-electron chi connectivity index (χ4n) is 2.45. The van der Waals surface area contributed by atoms with Crippen LogP contribution in [-0.2, 0) is 0 Å². The molecule has 0 radical (unpaired) electrons. The number of alkyl halides is 5. The van der Waals surface area contributed by atoms with E-state index in [-0.39, 0.29) is 10.6 Å². The number of halogens is 5. The summed E-state index contributed by atoms with van der Waals surface area (Å²) in [6.45, 7) is 6.19. The van der Waals surface area contributed by atoms with Gasteiger partial charge in [0.15, 0.2) is 0 Å². The van der Waals surface area contributed by atoms with Gasteiger partial charge in [0.25, 0.3) is 0 Å². The Balaban J connectivity index is 2.27. The summed E-state index contributed by atoms with van der Waals surface area (Å²) in [6, 6.07) is 8.64. The number of thioether (sulfide) groups is 1. The van der Waals surface area contributed by atoms with Gasteiger partial charge in [-0.3, -0.25) is 5.41 Å². The van der Waals surface area contributed by atoms with Gasteiger partial charge < -0.3 is 9.64 Å². The number of nitrogens with one attached hydrogen (secondary N) is 1. The third kappa shape index (κ3) is 5.41. The summed E-state index contributed by atoms with van der Waals surface area (Å²) >= 11 is -0.575. The SMILES string of the molecule is CCN(C)C(=N)c1cc(C)c(Oc2cccc(SC(F)(F)C(F)(F)F)c2)cc1C. The number of rotatable bonds is 6. The van der Waals surface area contributed by atoms with E-state index in [1.54, 1.807) is 31.0 Å². The minimum Gasteiger partial charge on any atom is -0.457 e. The van der Waals surface area contributed by atoms with Crippen molar-refractivity contribution >= 4 is 17.6 Å². The fourth-order valence-corrected chi connectivity index (χ4v) is 3.19. The number of nitrogens with zero attached hydrogens (tertiary/aromatic N) is 1. The first kappa shape index (κ1) is 23.0. The Kier molecular flexibility index (Phi) is 6.82. The van der Waals surface area contributed by atoms with Gasteiger partial charge in [0.1, 0.15) is 17.3 Å². The van der Waals surface area contributed by atoms with Crippen LogP contribution in [0.5, 0.6) is 11.5 Å². The summed E-state index contributed by atoms with van der Waals surface area (Å²) in [6.07, 6.45) is -5.64. The van der Waals surface area contributed by atoms with Gasteiger partial charge in [-0.1, -0.05) is 6.07 Å². The zero-order chi connectivity index (χ0) is 22.0. The van der Waals surface area contributed by atoms with E-state index in [0.717, 1.165) is 17.2 Å². The van der Waals surface area contributed by atoms with Crippen molar-refractivity contribution in [3.05, 3.63) is 53.1 Å². The van der Waals surface area contributed by atoms with E-state index >= 15 is 0 Å². The molecule has 0 heterocycles. The van der Waals surface area contributed by atoms with E-state index in [1.165, 1.54) is 18.2 Å². The zero-order valence-corrected chi connectivity index (χ0v) is 17.1. The number of hydrogen-bond donors (Lipinski definition) is 1. The van der Waals surface area contributed by atoms with Gasteiger partial charge in [-0.15, -0.1) is 0 Å². The molecule has 0 aromatic heterocycles. The number of aryl methyl sites for hydroxylation is 2. The summed E-state index contributed by atoms with van der Waals surface area (Å²) in [4.78, 5) is 1.52. The van der Waals surface area contributed by atoms with Crippen LogP contribution in [0, 0.1) is 19.3 Å². The van der Waals surface area contributed by atoms with Crippen molar-refractivity contribution in [2.45, 2.75) is 37.1 Å². The van der Waals surface area contributed by atoms with E-state index in [9.17, 15) is 22.0 Å². The largest absolute Gasteiger partial charge is 0.464 e. The normalized spacial score (nSPS) is 12.0. The standard InChI is InChI=1S/C20H21F5N2OS/c1-5-27(4)18(26)16-9-13(3)17(10-12(16)2)28-14-7-6-8-15(11-14)29-20(24,25)19(21,22)23/h6-11,26H,5H2,1-4H3. The van der Waals surface area contributed by atoms with Crippen LogP contribution < -0.4 is 4.74 Å². The van der Waals surface area contributed by atoms with E-state index in [4.69, 9.17) is 10.1 Å². The van der Waals surface area contributed by atoms with Crippen molar-refractivity contribution < 1.29 is 26.7 Å². The summed E-state index contributed by atoms with van der Waals surface area (Å²) in [5.74, 6) is 0.930. The lowest BCUT2D eigenvalue weighted by Gasteiger charge is -2.21. The minimum atomic E-state index is -5.64. The predicted octanol–water partition coefficient (Wildman–Crippen LogP) is 6.62. The van der Waals surface area contributed by atoms with Crippen molar-refractivity contribution in [3.8, 4) is 11.5 Å². The monoisotopic (exact) mass is 432 g/mol. The molecule has 0 aliphatic carbocycles. The second-order valence-electron chi connectivity index (χ2n) is 6.49. The maximum absolute atomic E-state index is 13.3. The Morgan fingerprint density at radius 3 is 2.31 bits per heavy atom. The van der Waals surface area contributed by atoms with Gasteiger partial charge >= 0.3 is 11.4 Å². The third-order valence-corrected chi connectivity index (χ3v) is 5.22. The number of benzene rings is 2. The van der Waals surface area contributed by atoms with Crippen LogP contribution >= 0.6 is 11.8 Å². The predicted molar refractivity (Wildman–Crippen MR) is 104 cm³/mol. The van der Waals surface area contributed by atoms with Crippen LogP contribution in [0.4, 0.5) is 22.0 Å². The van der Waals surface area contributed by atoms with Crippen LogP contribution in [0.1, 0.15) is 23.6 Å². The highest BCUT2D eigenvalue weighted by atomic mass is 32.2. The van der Waals surface area contributed by atoms with E-state index in [2.05, 4.69) is 0 Å². The first-order valence-corrected chi connectivity index (χ1v) is 9.50. The summed E-state index contributed by atoms with van der Waals surface area (Å²) in [7, 11) is 1.81. The van der Waals surface area contributed by atoms with Gasteiger partial charge in [0.2, 0.25) is 0 Å². The van der Waals surface area contributed by atoms with E-state index < -0.39 is 23.2 Å². The van der Waals surface area contributed by atoms with Crippen LogP contribution in [0.2, 0.25) is 0 Å². The van der Waals surface area contributed by atoms with Gasteiger partial charge in [0.05, 0.1) is 0 Å². The van der Waals surface area contributed by atoms with Crippen molar-refractivity contribution in [3.63, 3.8) is 0 Å². The van der Waals surface area contributed by atoms with E-state index in [0.29, 0.717) is 23.7 Å². The molecule has 0 aliphatic rings. The molecule has 0 amide bonds. The lowest BCUT2D eigenvalue weighted by atomic mass is 10.0. The second-order valence-corrected chi connectivity index (χ2v) is 7.68. The molecule has 0 aliphatic heterocycles. The smallest absolute Gasteiger partial charge is 0.457 e. The average molecular weight is 432 g/mol. The molecule has 29 heavy (non-hydrogen) atoms. The number of ether oxygens (including phenoxy) is 1. The highest BCUT2D eigenvalue weighted by Crippen LogP contribution is 2.48. The summed E-state index contributed by atoms with van der Waals surface area (Å²) < 4.78 is 69.6. The van der Waals surface area contributed by atoms with Gasteiger partial charge in [-0.25, -0.2) is 0 Å². The molecule has 0 fully saturated rings. The van der Waals surface area contributed by atoms with Crippen LogP contribution in [0.25, 0.3) is 0 Å². The minimum absolute atomic E-state index is 0.143. The molecule has 0 atom stereocenters. The molecule has 2 aromatic rings. The van der Waals surface area contributed by atoms with Crippen molar-refractivity contribution in [2.75, 3.05) is 13.6 Å². The molecule has 0 spiro atoms. The molecular weight excluding hydrogens is 411 g/mol. The van der Waals surface area contributed by atoms with Crippen LogP contribution in [0.3, 0.4) is 0 Å². The van der Waals surface area contributed by atoms with Gasteiger partial charge in [-0.2, -0.15) is 22.0 Å². The molecule has 0 unspecified atom stereocenters. The topological polar surface area (TPSA) is 36.3 Å². The van der Waals surface area contributed by atoms with Crippen LogP contribution in [-0.4, -0.2) is 35.8 Å². The van der Waals surface area contributed by atoms with Crippen LogP contribution in [0.15, 0.2) is 41.3 Å². The Morgan fingerprint density at radius 2 is 1.72 bits per heavy atom. The van der Waals surface area contributed by atoms with Crippen molar-refractivity contribution in [1.29, 1.82) is 5.41 Å². The van der Waals surface area contributed by atoms with Gasteiger partial charge in [-0.05, 0) is 74.0 Å². The maximum atomic E-state index is 13.3. The third-order valence-electron chi connectivity index (χ3n) is 4.24. The van der Waals surface area contributed by atoms with Crippen molar-refractivity contribution in [2.24, 2.45) is 0 Å². The molecule has 9 heteroatoms. The Morgan fingerprint density at radius 1 is 1.07 bits per heavy atom. The first-order chi connectivity index (χ1) is 13.4. The molecule has 0 saturated carbocycles. The molecule has 2 rings (SSSR count). The Bertz CT molecular complexity index is 899. The molecule has 1 N–H and O–H groups in total. The quantitative estimate of drug-likeness (QED) is 0.241. The highest BCUT2D eigenvalue weighted by Gasteiger charge is 2.58. The molecule has 3 nitrogen and oxygen atoms in total. The molecule has 158 valence electrons. The highest BCUT2D eigenvalue weighted by molar-refractivity contribution is 8.00. The van der Waals surface area contributed by atoms with Gasteiger partial charge in [0, 0.05) is 24.1 Å². The lowest BCUT2D eigenvalue weighted by molar-refractivity contribution is -0.237. The number of amidine groups is 1.